The van der Waals surface area contributed by atoms with E-state index < -0.39 is 0 Å². The van der Waals surface area contributed by atoms with Crippen LogP contribution in [0.2, 0.25) is 0 Å². The summed E-state index contributed by atoms with van der Waals surface area (Å²) in [5.41, 5.74) is 2.06. The average molecular weight is 310 g/mol. The zero-order valence-corrected chi connectivity index (χ0v) is 11.9. The first kappa shape index (κ1) is 12.1. The number of aromatic nitrogens is 3. The van der Waals surface area contributed by atoms with Crippen LogP contribution in [-0.2, 0) is 6.54 Å². The number of imidazole rings is 1. The SMILES string of the molecule is CN1CCC(NCc2cnc3cnc(Br)cn23)C1. The Labute approximate surface area is 114 Å². The Morgan fingerprint density at radius 1 is 1.44 bits per heavy atom. The molecule has 3 rings (SSSR count). The molecule has 2 aromatic rings. The summed E-state index contributed by atoms with van der Waals surface area (Å²) >= 11 is 3.39. The monoisotopic (exact) mass is 309 g/mol. The minimum absolute atomic E-state index is 0.589. The molecule has 96 valence electrons. The zero-order valence-electron chi connectivity index (χ0n) is 10.3. The third-order valence-corrected chi connectivity index (χ3v) is 3.81. The number of nitrogens with zero attached hydrogens (tertiary/aromatic N) is 4. The third kappa shape index (κ3) is 2.41. The molecule has 3 heterocycles. The van der Waals surface area contributed by atoms with Gasteiger partial charge >= 0.3 is 0 Å². The normalized spacial score (nSPS) is 20.9. The van der Waals surface area contributed by atoms with Crippen LogP contribution < -0.4 is 5.32 Å². The molecule has 0 spiro atoms. The lowest BCUT2D eigenvalue weighted by Crippen LogP contribution is -2.31. The van der Waals surface area contributed by atoms with Gasteiger partial charge in [-0.1, -0.05) is 0 Å². The molecule has 0 radical (unpaired) electrons. The van der Waals surface area contributed by atoms with Crippen LogP contribution in [0.1, 0.15) is 12.1 Å². The Balaban J connectivity index is 1.72. The maximum Gasteiger partial charge on any atom is 0.155 e. The van der Waals surface area contributed by atoms with Gasteiger partial charge in [-0.3, -0.25) is 4.40 Å². The van der Waals surface area contributed by atoms with E-state index in [0.29, 0.717) is 6.04 Å². The number of fused-ring (bicyclic) bond motifs is 1. The molecule has 5 nitrogen and oxygen atoms in total. The molecule has 2 aromatic heterocycles. The summed E-state index contributed by atoms with van der Waals surface area (Å²) in [7, 11) is 2.17. The Morgan fingerprint density at radius 3 is 3.11 bits per heavy atom. The molecule has 1 saturated heterocycles. The van der Waals surface area contributed by atoms with Gasteiger partial charge in [0.2, 0.25) is 0 Å². The van der Waals surface area contributed by atoms with Crippen LogP contribution in [0.15, 0.2) is 23.2 Å². The highest BCUT2D eigenvalue weighted by molar-refractivity contribution is 9.10. The third-order valence-electron chi connectivity index (χ3n) is 3.40. The second kappa shape index (κ2) is 4.95. The first-order valence-corrected chi connectivity index (χ1v) is 6.91. The molecule has 0 amide bonds. The van der Waals surface area contributed by atoms with Crippen molar-refractivity contribution in [3.63, 3.8) is 0 Å². The van der Waals surface area contributed by atoms with Crippen molar-refractivity contribution < 1.29 is 0 Å². The number of hydrogen-bond acceptors (Lipinski definition) is 4. The summed E-state index contributed by atoms with van der Waals surface area (Å²) in [4.78, 5) is 10.9. The molecule has 1 aliphatic rings. The molecular formula is C12H16BrN5. The topological polar surface area (TPSA) is 45.5 Å². The first-order chi connectivity index (χ1) is 8.72. The van der Waals surface area contributed by atoms with E-state index in [2.05, 4.69) is 47.6 Å². The van der Waals surface area contributed by atoms with Crippen LogP contribution in [0.3, 0.4) is 0 Å². The fourth-order valence-corrected chi connectivity index (χ4v) is 2.70. The van der Waals surface area contributed by atoms with Crippen molar-refractivity contribution in [2.75, 3.05) is 20.1 Å². The number of rotatable bonds is 3. The summed E-state index contributed by atoms with van der Waals surface area (Å²) in [5, 5.41) is 3.59. The molecular weight excluding hydrogens is 294 g/mol. The second-order valence-corrected chi connectivity index (χ2v) is 5.63. The maximum atomic E-state index is 4.35. The minimum atomic E-state index is 0.589. The highest BCUT2D eigenvalue weighted by Gasteiger charge is 2.18. The predicted octanol–water partition coefficient (Wildman–Crippen LogP) is 1.29. The lowest BCUT2D eigenvalue weighted by atomic mass is 10.2. The molecule has 18 heavy (non-hydrogen) atoms. The van der Waals surface area contributed by atoms with Crippen molar-refractivity contribution >= 4 is 21.6 Å². The van der Waals surface area contributed by atoms with Gasteiger partial charge in [0.05, 0.1) is 18.1 Å². The highest BCUT2D eigenvalue weighted by atomic mass is 79.9. The van der Waals surface area contributed by atoms with Gasteiger partial charge in [-0.05, 0) is 35.9 Å². The molecule has 0 saturated carbocycles. The van der Waals surface area contributed by atoms with Gasteiger partial charge in [0.1, 0.15) is 4.60 Å². The van der Waals surface area contributed by atoms with E-state index in [4.69, 9.17) is 0 Å². The van der Waals surface area contributed by atoms with E-state index in [-0.39, 0.29) is 0 Å². The molecule has 1 atom stereocenters. The quantitative estimate of drug-likeness (QED) is 0.928. The lowest BCUT2D eigenvalue weighted by molar-refractivity contribution is 0.397. The van der Waals surface area contributed by atoms with Crippen molar-refractivity contribution in [3.05, 3.63) is 28.9 Å². The largest absolute Gasteiger partial charge is 0.307 e. The van der Waals surface area contributed by atoms with Crippen LogP contribution in [0.4, 0.5) is 0 Å². The first-order valence-electron chi connectivity index (χ1n) is 6.12. The Bertz CT molecular complexity index is 552. The van der Waals surface area contributed by atoms with Crippen molar-refractivity contribution in [2.45, 2.75) is 19.0 Å². The zero-order chi connectivity index (χ0) is 12.5. The van der Waals surface area contributed by atoms with Crippen molar-refractivity contribution in [1.82, 2.24) is 24.6 Å². The fraction of sp³-hybridized carbons (Fsp3) is 0.500. The van der Waals surface area contributed by atoms with E-state index in [1.54, 1.807) is 6.20 Å². The predicted molar refractivity (Wildman–Crippen MR) is 73.4 cm³/mol. The van der Waals surface area contributed by atoms with Crippen molar-refractivity contribution in [3.8, 4) is 0 Å². The number of halogens is 1. The van der Waals surface area contributed by atoms with E-state index in [9.17, 15) is 0 Å². The number of likely N-dealkylation sites (tertiary alicyclic amines) is 1. The van der Waals surface area contributed by atoms with Crippen LogP contribution in [0.5, 0.6) is 0 Å². The summed E-state index contributed by atoms with van der Waals surface area (Å²) in [5.74, 6) is 0. The molecule has 6 heteroatoms. The van der Waals surface area contributed by atoms with Crippen LogP contribution >= 0.6 is 15.9 Å². The maximum absolute atomic E-state index is 4.35. The van der Waals surface area contributed by atoms with Gasteiger partial charge in [-0.2, -0.15) is 0 Å². The Kier molecular flexibility index (Phi) is 3.32. The molecule has 1 unspecified atom stereocenters. The molecule has 1 fully saturated rings. The smallest absolute Gasteiger partial charge is 0.155 e. The number of hydrogen-bond donors (Lipinski definition) is 1. The van der Waals surface area contributed by atoms with E-state index in [1.165, 1.54) is 18.7 Å². The molecule has 1 aliphatic heterocycles. The van der Waals surface area contributed by atoms with Gasteiger partial charge in [0, 0.05) is 25.3 Å². The van der Waals surface area contributed by atoms with Gasteiger partial charge in [-0.15, -0.1) is 0 Å². The average Bonchev–Trinajstić information content (AvgIpc) is 2.93. The van der Waals surface area contributed by atoms with Crippen molar-refractivity contribution in [2.24, 2.45) is 0 Å². The van der Waals surface area contributed by atoms with E-state index in [1.807, 2.05) is 12.4 Å². The Hall–Kier alpha value is -0.980. The summed E-state index contributed by atoms with van der Waals surface area (Å²) < 4.78 is 2.90. The number of nitrogens with one attached hydrogen (secondary N) is 1. The van der Waals surface area contributed by atoms with Gasteiger partial charge in [-0.25, -0.2) is 9.97 Å². The summed E-state index contributed by atoms with van der Waals surface area (Å²) in [6.07, 6.45) is 6.87. The van der Waals surface area contributed by atoms with Gasteiger partial charge in [0.25, 0.3) is 0 Å². The van der Waals surface area contributed by atoms with E-state index >= 15 is 0 Å². The molecule has 0 aromatic carbocycles. The summed E-state index contributed by atoms with van der Waals surface area (Å²) in [6, 6.07) is 0.589. The fourth-order valence-electron chi connectivity index (χ4n) is 2.40. The highest BCUT2D eigenvalue weighted by Crippen LogP contribution is 2.12. The Morgan fingerprint density at radius 2 is 2.33 bits per heavy atom. The molecule has 0 aliphatic carbocycles. The van der Waals surface area contributed by atoms with Crippen LogP contribution in [0, 0.1) is 0 Å². The summed E-state index contributed by atoms with van der Waals surface area (Å²) in [6.45, 7) is 3.15. The van der Waals surface area contributed by atoms with Crippen LogP contribution in [-0.4, -0.2) is 45.4 Å². The standard InChI is InChI=1S/C12H16BrN5/c1-17-3-2-9(7-17)14-4-10-5-16-12-6-15-11(13)8-18(10)12/h5-6,8-9,14H,2-4,7H2,1H3. The minimum Gasteiger partial charge on any atom is -0.307 e. The van der Waals surface area contributed by atoms with Gasteiger partial charge < -0.3 is 10.2 Å². The molecule has 0 bridgehead atoms. The molecule has 1 N–H and O–H groups in total. The lowest BCUT2D eigenvalue weighted by Gasteiger charge is -2.12. The van der Waals surface area contributed by atoms with E-state index in [0.717, 1.165) is 23.3 Å². The van der Waals surface area contributed by atoms with Crippen LogP contribution in [0.25, 0.3) is 5.65 Å². The number of likely N-dealkylation sites (N-methyl/N-ethyl adjacent to an activating group) is 1. The van der Waals surface area contributed by atoms with Gasteiger partial charge in [0.15, 0.2) is 5.65 Å². The second-order valence-electron chi connectivity index (χ2n) is 4.82. The van der Waals surface area contributed by atoms with Crippen molar-refractivity contribution in [1.29, 1.82) is 0 Å².